The van der Waals surface area contributed by atoms with Gasteiger partial charge in [0.05, 0.1) is 30.4 Å². The van der Waals surface area contributed by atoms with Gasteiger partial charge >= 0.3 is 5.97 Å². The molecule has 0 saturated carbocycles. The zero-order chi connectivity index (χ0) is 59.2. The quantitative estimate of drug-likeness (QED) is 0.00913. The van der Waals surface area contributed by atoms with Crippen molar-refractivity contribution in [3.63, 3.8) is 0 Å². The number of guanidine groups is 1. The number of thioether (sulfide) groups is 1. The average molecular weight is 1130 g/mol. The number of rotatable bonds is 37. The molecule has 1 aromatic rings. The number of aliphatic hydroxyl groups excluding tert-OH is 1. The molecular weight excluding hydrogens is 1030 g/mol. The molecule has 9 unspecified atom stereocenters. The fourth-order valence-corrected chi connectivity index (χ4v) is 9.01. The summed E-state index contributed by atoms with van der Waals surface area (Å²) in [6, 6.07) is -3.72. The second-order valence-electron chi connectivity index (χ2n) is 19.9. The minimum absolute atomic E-state index is 0.0384. The summed E-state index contributed by atoms with van der Waals surface area (Å²) >= 11 is 5.70. The number of thiol groups is 1. The Morgan fingerprint density at radius 1 is 0.897 bits per heavy atom. The third-order valence-corrected chi connectivity index (χ3v) is 13.8. The number of allylic oxidation sites excluding steroid dienone is 6. The average Bonchev–Trinajstić information content (AvgIpc) is 3.92. The minimum Gasteiger partial charge on any atom is -0.481 e. The lowest BCUT2D eigenvalue weighted by atomic mass is 9.89. The lowest BCUT2D eigenvalue weighted by Gasteiger charge is -2.28. The Bertz CT molecular complexity index is 2110. The van der Waals surface area contributed by atoms with Gasteiger partial charge < -0.3 is 54.1 Å². The molecule has 0 aromatic carbocycles. The number of aliphatic hydroxyl groups is 1. The highest BCUT2D eigenvalue weighted by atomic mass is 32.2. The van der Waals surface area contributed by atoms with Gasteiger partial charge in [-0.2, -0.15) is 24.4 Å². The van der Waals surface area contributed by atoms with Crippen LogP contribution in [-0.4, -0.2) is 129 Å². The topological polar surface area (TPSA) is 336 Å². The number of hydrogen-bond acceptors (Lipinski definition) is 14. The van der Waals surface area contributed by atoms with Gasteiger partial charge in [0.15, 0.2) is 11.7 Å². The number of aromatic amines is 1. The van der Waals surface area contributed by atoms with Gasteiger partial charge in [0.25, 0.3) is 0 Å². The van der Waals surface area contributed by atoms with Gasteiger partial charge in [-0.05, 0) is 140 Å². The molecule has 0 spiro atoms. The molecule has 3 amide bonds. The number of carboxylic acid groups (broad SMARTS) is 1. The Labute approximate surface area is 475 Å². The van der Waals surface area contributed by atoms with Crippen LogP contribution in [-0.2, 0) is 35.2 Å². The second-order valence-corrected chi connectivity index (χ2v) is 21.3. The number of carbonyl (C=O) groups excluding carboxylic acids is 5. The zero-order valence-electron chi connectivity index (χ0n) is 48.4. The summed E-state index contributed by atoms with van der Waals surface area (Å²) in [7, 11) is 0. The molecule has 21 heteroatoms. The molecule has 0 radical (unpaired) electrons. The van der Waals surface area contributed by atoms with E-state index in [1.165, 1.54) is 23.6 Å². The normalized spacial score (nSPS) is 16.1. The molecule has 15 N–H and O–H groups in total. The van der Waals surface area contributed by atoms with E-state index in [1.807, 2.05) is 47.0 Å². The first-order chi connectivity index (χ1) is 37.1. The number of nitrogens with two attached hydrogens (primary N) is 4. The third-order valence-electron chi connectivity index (χ3n) is 12.8. The van der Waals surface area contributed by atoms with Crippen LogP contribution < -0.4 is 44.2 Å². The van der Waals surface area contributed by atoms with Crippen LogP contribution >= 0.6 is 24.4 Å². The highest BCUT2D eigenvalue weighted by Gasteiger charge is 2.30. The number of Topliss-reactive ketones (excluding diaryl/α,β-unsaturated/α-hetero) is 2. The largest absolute Gasteiger partial charge is 0.481 e. The number of unbranched alkanes of at least 4 members (excludes halogenated alkanes) is 1. The number of aliphatic imine (C=N–C) groups is 1. The number of imidazole rings is 1. The van der Waals surface area contributed by atoms with Crippen molar-refractivity contribution >= 4 is 65.6 Å². The van der Waals surface area contributed by atoms with Crippen molar-refractivity contribution in [1.82, 2.24) is 31.2 Å². The number of ketones is 2. The van der Waals surface area contributed by atoms with E-state index in [1.54, 1.807) is 43.4 Å². The number of carboxylic acids is 1. The number of aromatic nitrogens is 2. The fraction of sp³-hybridized carbons (Fsp3) is 0.649. The van der Waals surface area contributed by atoms with Gasteiger partial charge in [-0.25, -0.2) is 4.98 Å². The molecule has 442 valence electrons. The molecule has 0 bridgehead atoms. The third kappa shape index (κ3) is 32.1. The summed E-state index contributed by atoms with van der Waals surface area (Å²) < 4.78 is 0. The van der Waals surface area contributed by atoms with Gasteiger partial charge in [0, 0.05) is 42.6 Å². The van der Waals surface area contributed by atoms with Crippen LogP contribution in [0.5, 0.6) is 0 Å². The molecule has 1 aliphatic carbocycles. The number of amides is 3. The van der Waals surface area contributed by atoms with E-state index >= 15 is 0 Å². The first-order valence-electron chi connectivity index (χ1n) is 27.6. The van der Waals surface area contributed by atoms with E-state index < -0.39 is 65.9 Å². The molecule has 1 aliphatic rings. The monoisotopic (exact) mass is 1130 g/mol. The number of aliphatic carboxylic acids is 1. The summed E-state index contributed by atoms with van der Waals surface area (Å²) in [4.78, 5) is 87.3. The van der Waals surface area contributed by atoms with Gasteiger partial charge in [-0.15, -0.1) is 0 Å². The van der Waals surface area contributed by atoms with Gasteiger partial charge in [-0.3, -0.25) is 39.1 Å². The second kappa shape index (κ2) is 42.8. The van der Waals surface area contributed by atoms with E-state index in [9.17, 15) is 39.0 Å². The molecule has 9 atom stereocenters. The van der Waals surface area contributed by atoms with E-state index in [-0.39, 0.29) is 67.0 Å². The Morgan fingerprint density at radius 3 is 2.13 bits per heavy atom. The predicted molar refractivity (Wildman–Crippen MR) is 322 cm³/mol. The SMILES string of the molecule is C/C=C(/CC(N)C(C)=O)C1=C(C)CCC=C1.CC.CSCCC(NC(O)C(/C=C/C(C)CCCCN)Cc1cnc[nH]1)C(=O)NC(CCCN=C(N)N)C(=O)NC(/C=C/C(CCC(=O)O)C(=O)NC(CS)C(C)=O)CC(C)C. The number of nitrogens with zero attached hydrogens (tertiary/aromatic N) is 2. The van der Waals surface area contributed by atoms with E-state index in [0.717, 1.165) is 37.8 Å². The minimum atomic E-state index is -1.13. The van der Waals surface area contributed by atoms with E-state index in [0.29, 0.717) is 44.4 Å². The Balaban J connectivity index is 0.00000278. The highest BCUT2D eigenvalue weighted by Crippen LogP contribution is 2.27. The lowest BCUT2D eigenvalue weighted by molar-refractivity contribution is -0.137. The Kier molecular flexibility index (Phi) is 40.1. The molecule has 2 rings (SSSR count). The van der Waals surface area contributed by atoms with Crippen LogP contribution in [0.25, 0.3) is 0 Å². The summed E-state index contributed by atoms with van der Waals surface area (Å²) in [6.45, 7) is 17.9. The molecule has 0 saturated heterocycles. The summed E-state index contributed by atoms with van der Waals surface area (Å²) in [6.07, 6.45) is 24.9. The maximum Gasteiger partial charge on any atom is 0.303 e. The zero-order valence-corrected chi connectivity index (χ0v) is 50.1. The highest BCUT2D eigenvalue weighted by molar-refractivity contribution is 7.98. The van der Waals surface area contributed by atoms with Gasteiger partial charge in [0.1, 0.15) is 18.1 Å². The van der Waals surface area contributed by atoms with Crippen molar-refractivity contribution < 1.29 is 39.0 Å². The maximum absolute atomic E-state index is 14.1. The van der Waals surface area contributed by atoms with Crippen LogP contribution in [0.3, 0.4) is 0 Å². The first-order valence-corrected chi connectivity index (χ1v) is 29.6. The van der Waals surface area contributed by atoms with E-state index in [2.05, 4.69) is 87.0 Å². The van der Waals surface area contributed by atoms with Crippen molar-refractivity contribution in [2.75, 3.05) is 30.9 Å². The molecule has 1 heterocycles. The van der Waals surface area contributed by atoms with Gasteiger partial charge in [0.2, 0.25) is 17.7 Å². The summed E-state index contributed by atoms with van der Waals surface area (Å²) in [5.41, 5.74) is 27.2. The molecule has 78 heavy (non-hydrogen) atoms. The number of carbonyl (C=O) groups is 6. The summed E-state index contributed by atoms with van der Waals surface area (Å²) in [5, 5.41) is 32.7. The predicted octanol–water partition coefficient (Wildman–Crippen LogP) is 5.96. The van der Waals surface area contributed by atoms with E-state index in [4.69, 9.17) is 22.9 Å². The van der Waals surface area contributed by atoms with Crippen molar-refractivity contribution in [2.45, 2.75) is 182 Å². The Morgan fingerprint density at radius 2 is 1.58 bits per heavy atom. The van der Waals surface area contributed by atoms with Crippen molar-refractivity contribution in [2.24, 2.45) is 51.6 Å². The number of hydrogen-bond donors (Lipinski definition) is 12. The molecule has 0 fully saturated rings. The molecular formula is C57H99N11O8S2. The number of nitrogens with one attached hydrogen (secondary N) is 5. The lowest BCUT2D eigenvalue weighted by Crippen LogP contribution is -2.56. The smallest absolute Gasteiger partial charge is 0.303 e. The Hall–Kier alpha value is -5.06. The molecule has 19 nitrogen and oxygen atoms in total. The van der Waals surface area contributed by atoms with Gasteiger partial charge in [-0.1, -0.05) is 89.1 Å². The van der Waals surface area contributed by atoms with Crippen LogP contribution in [0, 0.1) is 23.7 Å². The molecule has 1 aromatic heterocycles. The standard InChI is InChI=1S/C41H72N10O7S2.C14H21NO.C2H6/c1-26(2)21-31(15-13-29(14-16-36(53)54)37(55)51-35(24-59)28(4)52)48-39(57)33(10-8-19-46-41(43)44)50-40(58)34(17-20-60-5)49-38(56)30(22-32-23-45-25-47-32)12-11-27(3)9-6-7-18-42;1-4-12(9-14(15)11(3)16)13-8-6-5-7-10(13)2;1-2/h11-13,15,23,25-27,29-31,33-35,38,49,56,59H,6-10,14,16-22,24,42H2,1-5H3,(H,45,47)(H,48,57)(H,50,58)(H,51,55)(H,53,54)(H4,43,44,46);4,6,8,14H,5,7,9,15H2,1-3H3;1-2H3/b12-11+,15-13+;12-4-;. The number of H-pyrrole nitrogens is 1. The van der Waals surface area contributed by atoms with Crippen molar-refractivity contribution in [3.05, 3.63) is 77.5 Å². The van der Waals surface area contributed by atoms with Crippen molar-refractivity contribution in [3.8, 4) is 0 Å². The van der Waals surface area contributed by atoms with Crippen LogP contribution in [0.4, 0.5) is 0 Å². The first kappa shape index (κ1) is 72.9. The molecule has 0 aliphatic heterocycles. The van der Waals surface area contributed by atoms with Crippen LogP contribution in [0.2, 0.25) is 0 Å². The fourth-order valence-electron chi connectivity index (χ4n) is 8.19. The maximum atomic E-state index is 14.1. The van der Waals surface area contributed by atoms with Crippen LogP contribution in [0.15, 0.2) is 76.8 Å². The summed E-state index contributed by atoms with van der Waals surface area (Å²) in [5.74, 6) is -3.25. The van der Waals surface area contributed by atoms with Crippen molar-refractivity contribution in [1.29, 1.82) is 0 Å². The van der Waals surface area contributed by atoms with Crippen LogP contribution in [0.1, 0.15) is 145 Å².